The number of methoxy groups -OCH3 is 1. The summed E-state index contributed by atoms with van der Waals surface area (Å²) >= 11 is 0. The number of carbonyl (C=O) groups is 1. The minimum atomic E-state index is -0.634. The van der Waals surface area contributed by atoms with Crippen molar-refractivity contribution in [1.29, 1.82) is 0 Å². The van der Waals surface area contributed by atoms with Crippen molar-refractivity contribution < 1.29 is 14.3 Å². The van der Waals surface area contributed by atoms with Gasteiger partial charge in [0, 0.05) is 12.7 Å². The normalized spacial score (nSPS) is 11.5. The summed E-state index contributed by atoms with van der Waals surface area (Å²) in [4.78, 5) is 14.2. The van der Waals surface area contributed by atoms with Gasteiger partial charge in [0.2, 0.25) is 5.91 Å². The number of ether oxygens (including phenoxy) is 2. The molecule has 26 heavy (non-hydrogen) atoms. The summed E-state index contributed by atoms with van der Waals surface area (Å²) in [6.07, 6.45) is 3.04. The van der Waals surface area contributed by atoms with E-state index in [1.807, 2.05) is 54.6 Å². The Hall–Kier alpha value is -2.79. The first-order chi connectivity index (χ1) is 12.5. The monoisotopic (exact) mass is 354 g/mol. The van der Waals surface area contributed by atoms with Crippen LogP contribution in [0.4, 0.5) is 5.69 Å². The van der Waals surface area contributed by atoms with Gasteiger partial charge in [-0.15, -0.1) is 6.58 Å². The van der Waals surface area contributed by atoms with Gasteiger partial charge in [-0.2, -0.15) is 0 Å². The fourth-order valence-electron chi connectivity index (χ4n) is 2.55. The Morgan fingerprint density at radius 3 is 2.62 bits per heavy atom. The van der Waals surface area contributed by atoms with E-state index in [1.165, 1.54) is 0 Å². The van der Waals surface area contributed by atoms with Crippen LogP contribution < -0.4 is 20.1 Å². The summed E-state index contributed by atoms with van der Waals surface area (Å²) in [5.74, 6) is 1.37. The molecule has 0 aliphatic carbocycles. The number of rotatable bonds is 9. The molecule has 0 aliphatic rings. The zero-order valence-corrected chi connectivity index (χ0v) is 15.4. The average Bonchev–Trinajstić information content (AvgIpc) is 2.67. The van der Waals surface area contributed by atoms with Crippen molar-refractivity contribution in [3.8, 4) is 11.5 Å². The Bertz CT molecular complexity index is 728. The maximum atomic E-state index is 12.6. The highest BCUT2D eigenvalue weighted by Crippen LogP contribution is 2.20. The number of likely N-dealkylation sites (N-methyl/N-ethyl adjacent to an activating group) is 1. The Balaban J connectivity index is 1.99. The van der Waals surface area contributed by atoms with Crippen molar-refractivity contribution in [3.05, 3.63) is 66.7 Å². The minimum Gasteiger partial charge on any atom is -0.497 e. The van der Waals surface area contributed by atoms with Crippen molar-refractivity contribution in [1.82, 2.24) is 0 Å². The number of amides is 1. The van der Waals surface area contributed by atoms with E-state index in [0.717, 1.165) is 29.2 Å². The summed E-state index contributed by atoms with van der Waals surface area (Å²) in [6, 6.07) is 14.3. The van der Waals surface area contributed by atoms with Crippen molar-refractivity contribution in [2.24, 2.45) is 5.73 Å². The van der Waals surface area contributed by atoms with Gasteiger partial charge in [0.1, 0.15) is 11.5 Å². The van der Waals surface area contributed by atoms with E-state index in [0.29, 0.717) is 13.0 Å². The lowest BCUT2D eigenvalue weighted by atomic mass is 10.0. The second-order valence-corrected chi connectivity index (χ2v) is 5.98. The van der Waals surface area contributed by atoms with Gasteiger partial charge in [0.15, 0.2) is 0 Å². The average molecular weight is 354 g/mol. The van der Waals surface area contributed by atoms with E-state index in [4.69, 9.17) is 15.2 Å². The first kappa shape index (κ1) is 19.5. The molecule has 0 unspecified atom stereocenters. The van der Waals surface area contributed by atoms with Crippen LogP contribution in [0.15, 0.2) is 61.2 Å². The van der Waals surface area contributed by atoms with Gasteiger partial charge in [0.25, 0.3) is 0 Å². The molecule has 0 bridgehead atoms. The zero-order chi connectivity index (χ0) is 18.9. The van der Waals surface area contributed by atoms with Crippen LogP contribution in [0.3, 0.4) is 0 Å². The van der Waals surface area contributed by atoms with Crippen LogP contribution in [-0.4, -0.2) is 32.7 Å². The van der Waals surface area contributed by atoms with Crippen LogP contribution >= 0.6 is 0 Å². The summed E-state index contributed by atoms with van der Waals surface area (Å²) in [6.45, 7) is 4.26. The van der Waals surface area contributed by atoms with Crippen molar-refractivity contribution in [3.63, 3.8) is 0 Å². The predicted octanol–water partition coefficient (Wildman–Crippen LogP) is 3.18. The molecule has 0 fully saturated rings. The highest BCUT2D eigenvalue weighted by atomic mass is 16.5. The van der Waals surface area contributed by atoms with Gasteiger partial charge < -0.3 is 20.1 Å². The maximum absolute atomic E-state index is 12.6. The van der Waals surface area contributed by atoms with Crippen molar-refractivity contribution in [2.75, 3.05) is 25.7 Å². The molecule has 2 rings (SSSR count). The van der Waals surface area contributed by atoms with Crippen LogP contribution in [0.1, 0.15) is 12.0 Å². The lowest BCUT2D eigenvalue weighted by Crippen LogP contribution is -2.43. The number of anilines is 1. The van der Waals surface area contributed by atoms with E-state index in [1.54, 1.807) is 19.1 Å². The largest absolute Gasteiger partial charge is 0.497 e. The molecule has 0 aliphatic heterocycles. The Kier molecular flexibility index (Phi) is 7.24. The summed E-state index contributed by atoms with van der Waals surface area (Å²) < 4.78 is 10.8. The number of hydrogen-bond acceptors (Lipinski definition) is 4. The fraction of sp³-hybridized carbons (Fsp3) is 0.286. The van der Waals surface area contributed by atoms with Crippen molar-refractivity contribution in [2.45, 2.75) is 18.9 Å². The molecular formula is C21H26N2O3. The number of nitrogens with two attached hydrogens (primary N) is 1. The molecular weight excluding hydrogens is 328 g/mol. The minimum absolute atomic E-state index is 0.145. The molecule has 0 radical (unpaired) electrons. The molecule has 138 valence electrons. The molecule has 0 heterocycles. The molecule has 1 atom stereocenters. The Morgan fingerprint density at radius 1 is 1.23 bits per heavy atom. The van der Waals surface area contributed by atoms with E-state index in [-0.39, 0.29) is 5.91 Å². The smallest absolute Gasteiger partial charge is 0.243 e. The van der Waals surface area contributed by atoms with Crippen LogP contribution in [0.2, 0.25) is 0 Å². The standard InChI is InChI=1S/C21H26N2O3/c1-4-5-13-26-19-8-6-7-16(14-19)15-20(22)21(24)23(2)17-9-11-18(25-3)12-10-17/h4,6-12,14,20H,1,5,13,15,22H2,2-3H3/t20-/m0/s1. The molecule has 0 saturated carbocycles. The summed E-state index contributed by atoms with van der Waals surface area (Å²) in [5.41, 5.74) is 7.88. The topological polar surface area (TPSA) is 64.8 Å². The number of nitrogens with zero attached hydrogens (tertiary/aromatic N) is 1. The van der Waals surface area contributed by atoms with Crippen LogP contribution in [-0.2, 0) is 11.2 Å². The number of hydrogen-bond donors (Lipinski definition) is 1. The van der Waals surface area contributed by atoms with Gasteiger partial charge in [-0.1, -0.05) is 18.2 Å². The van der Waals surface area contributed by atoms with E-state index < -0.39 is 6.04 Å². The summed E-state index contributed by atoms with van der Waals surface area (Å²) in [5, 5.41) is 0. The first-order valence-electron chi connectivity index (χ1n) is 8.55. The number of benzene rings is 2. The third-order valence-electron chi connectivity index (χ3n) is 4.05. The van der Waals surface area contributed by atoms with Crippen LogP contribution in [0.25, 0.3) is 0 Å². The molecule has 0 spiro atoms. The molecule has 1 amide bonds. The number of carbonyl (C=O) groups excluding carboxylic acids is 1. The molecule has 2 N–H and O–H groups in total. The van der Waals surface area contributed by atoms with Crippen molar-refractivity contribution >= 4 is 11.6 Å². The van der Waals surface area contributed by atoms with Crippen LogP contribution in [0.5, 0.6) is 11.5 Å². The zero-order valence-electron chi connectivity index (χ0n) is 15.4. The molecule has 5 nitrogen and oxygen atoms in total. The molecule has 5 heteroatoms. The van der Waals surface area contributed by atoms with E-state index in [9.17, 15) is 4.79 Å². The highest BCUT2D eigenvalue weighted by Gasteiger charge is 2.20. The lowest BCUT2D eigenvalue weighted by molar-refractivity contribution is -0.119. The van der Waals surface area contributed by atoms with E-state index >= 15 is 0 Å². The predicted molar refractivity (Wildman–Crippen MR) is 105 cm³/mol. The molecule has 2 aromatic rings. The maximum Gasteiger partial charge on any atom is 0.243 e. The Morgan fingerprint density at radius 2 is 1.96 bits per heavy atom. The van der Waals surface area contributed by atoms with E-state index in [2.05, 4.69) is 6.58 Å². The third-order valence-corrected chi connectivity index (χ3v) is 4.05. The third kappa shape index (κ3) is 5.36. The van der Waals surface area contributed by atoms with Gasteiger partial charge in [-0.3, -0.25) is 4.79 Å². The van der Waals surface area contributed by atoms with Gasteiger partial charge >= 0.3 is 0 Å². The SMILES string of the molecule is C=CCCOc1cccc(C[C@H](N)C(=O)N(C)c2ccc(OC)cc2)c1. The van der Waals surface area contributed by atoms with Gasteiger partial charge in [0.05, 0.1) is 19.8 Å². The Labute approximate surface area is 155 Å². The molecule has 2 aromatic carbocycles. The molecule has 0 aromatic heterocycles. The lowest BCUT2D eigenvalue weighted by Gasteiger charge is -2.22. The molecule has 0 saturated heterocycles. The second-order valence-electron chi connectivity index (χ2n) is 5.98. The summed E-state index contributed by atoms with van der Waals surface area (Å²) in [7, 11) is 3.33. The second kappa shape index (κ2) is 9.63. The van der Waals surface area contributed by atoms with Gasteiger partial charge in [-0.05, 0) is 54.8 Å². The van der Waals surface area contributed by atoms with Crippen LogP contribution in [0, 0.1) is 0 Å². The van der Waals surface area contributed by atoms with Gasteiger partial charge in [-0.25, -0.2) is 0 Å². The highest BCUT2D eigenvalue weighted by molar-refractivity contribution is 5.96. The fourth-order valence-corrected chi connectivity index (χ4v) is 2.55. The first-order valence-corrected chi connectivity index (χ1v) is 8.55. The quantitative estimate of drug-likeness (QED) is 0.555.